The van der Waals surface area contributed by atoms with Crippen LogP contribution in [-0.4, -0.2) is 23.0 Å². The first-order valence-electron chi connectivity index (χ1n) is 17.5. The smallest absolute Gasteiger partial charge is 0.550 e. The number of aliphatic carboxylic acids is 3. The first kappa shape index (κ1) is 48.6. The summed E-state index contributed by atoms with van der Waals surface area (Å²) in [6.45, 7) is 9.12. The zero-order valence-corrected chi connectivity index (χ0v) is 29.2. The molecule has 0 heterocycles. The maximum atomic E-state index is 10.2. The average Bonchev–Trinajstić information content (AvgIpc) is 2.94. The van der Waals surface area contributed by atoms with Crippen LogP contribution in [0.2, 0.25) is 0 Å². The van der Waals surface area contributed by atoms with Crippen molar-refractivity contribution >= 4 is 17.9 Å². The predicted octanol–water partition coefficient (Wildman–Crippen LogP) is 9.08. The van der Waals surface area contributed by atoms with Gasteiger partial charge in [-0.2, -0.15) is 0 Å². The van der Waals surface area contributed by atoms with Gasteiger partial charge < -0.3 is 24.9 Å². The summed E-state index contributed by atoms with van der Waals surface area (Å²) in [7, 11) is 0. The van der Waals surface area contributed by atoms with Gasteiger partial charge in [0.15, 0.2) is 0 Å². The van der Waals surface area contributed by atoms with Crippen molar-refractivity contribution in [2.75, 3.05) is 0 Å². The minimum atomic E-state index is -0.935. The number of carbonyl (C=O) groups excluding carboxylic acids is 2. The standard InChI is InChI=1S/2C16H32O2.C4H6O2.Cu/c2*1-2-3-4-5-6-7-8-9-10-11-12-13-14-15-16(17)18;1-3(2)4(5)6;/h2*2-15H2,1H3,(H,17,18);1H2,2H3,(H,5,6);/q;;;+2/p-2. The van der Waals surface area contributed by atoms with Crippen LogP contribution in [0.25, 0.3) is 0 Å². The maximum Gasteiger partial charge on any atom is 2.00 e. The number of carboxylic acids is 3. The number of hydrogen-bond donors (Lipinski definition) is 1. The monoisotopic (exact) mass is 659 g/mol. The Morgan fingerprint density at radius 1 is 0.465 bits per heavy atom. The van der Waals surface area contributed by atoms with Crippen LogP contribution in [0.3, 0.4) is 0 Å². The number of carbonyl (C=O) groups is 3. The van der Waals surface area contributed by atoms with Crippen LogP contribution in [0.15, 0.2) is 12.2 Å². The van der Waals surface area contributed by atoms with Gasteiger partial charge in [0, 0.05) is 17.5 Å². The summed E-state index contributed by atoms with van der Waals surface area (Å²) < 4.78 is 0. The van der Waals surface area contributed by atoms with E-state index in [2.05, 4.69) is 20.4 Å². The molecule has 6 nitrogen and oxygen atoms in total. The molecule has 0 aliphatic rings. The summed E-state index contributed by atoms with van der Waals surface area (Å²) in [5, 5.41) is 28.3. The third-order valence-corrected chi connectivity index (χ3v) is 7.33. The summed E-state index contributed by atoms with van der Waals surface area (Å²) in [5.41, 5.74) is 0.176. The molecule has 0 unspecified atom stereocenters. The molecule has 0 aliphatic heterocycles. The van der Waals surface area contributed by atoms with Crippen molar-refractivity contribution in [3.05, 3.63) is 12.2 Å². The SMILES string of the molecule is C=C(C)C(=O)O.CCCCCCCCCCCCCCCC(=O)[O-].CCCCCCCCCCCCCCCC(=O)[O-].[Cu+2]. The number of carboxylic acid groups (broad SMARTS) is 3. The number of unbranched alkanes of at least 4 members (excludes halogenated alkanes) is 24. The molecule has 1 N–H and O–H groups in total. The fourth-order valence-electron chi connectivity index (χ4n) is 4.57. The summed E-state index contributed by atoms with van der Waals surface area (Å²) in [6, 6.07) is 0. The molecule has 0 saturated carbocycles. The van der Waals surface area contributed by atoms with Crippen LogP contribution in [0.5, 0.6) is 0 Å². The van der Waals surface area contributed by atoms with Crippen molar-refractivity contribution in [3.63, 3.8) is 0 Å². The third kappa shape index (κ3) is 57.0. The number of rotatable bonds is 29. The molecule has 0 aromatic carbocycles. The van der Waals surface area contributed by atoms with Gasteiger partial charge in [0.25, 0.3) is 0 Å². The van der Waals surface area contributed by atoms with Gasteiger partial charge in [-0.15, -0.1) is 0 Å². The molecule has 259 valence electrons. The first-order valence-corrected chi connectivity index (χ1v) is 17.5. The molecule has 1 radical (unpaired) electrons. The topological polar surface area (TPSA) is 118 Å². The van der Waals surface area contributed by atoms with Crippen molar-refractivity contribution in [2.45, 2.75) is 201 Å². The van der Waals surface area contributed by atoms with Gasteiger partial charge in [0.05, 0.1) is 0 Å². The second-order valence-corrected chi connectivity index (χ2v) is 11.8. The van der Waals surface area contributed by atoms with E-state index in [1.807, 2.05) is 0 Å². The maximum absolute atomic E-state index is 10.2. The van der Waals surface area contributed by atoms with Crippen LogP contribution < -0.4 is 10.2 Å². The fraction of sp³-hybridized carbons (Fsp3) is 0.861. The quantitative estimate of drug-likeness (QED) is 0.0486. The Balaban J connectivity index is -0.000000292. The van der Waals surface area contributed by atoms with Crippen molar-refractivity contribution < 1.29 is 46.8 Å². The van der Waals surface area contributed by atoms with Gasteiger partial charge >= 0.3 is 23.0 Å². The molecule has 0 amide bonds. The summed E-state index contributed by atoms with van der Waals surface area (Å²) in [5.74, 6) is -2.74. The molecule has 0 rings (SSSR count). The van der Waals surface area contributed by atoms with E-state index in [-0.39, 0.29) is 35.5 Å². The van der Waals surface area contributed by atoms with Gasteiger partial charge in [0.1, 0.15) is 0 Å². The van der Waals surface area contributed by atoms with Crippen LogP contribution >= 0.6 is 0 Å². The van der Waals surface area contributed by atoms with Crippen LogP contribution in [-0.2, 0) is 31.5 Å². The van der Waals surface area contributed by atoms with Crippen molar-refractivity contribution in [3.8, 4) is 0 Å². The Bertz CT molecular complexity index is 557. The Labute approximate surface area is 276 Å². The second-order valence-electron chi connectivity index (χ2n) is 11.8. The van der Waals surface area contributed by atoms with E-state index in [1.165, 1.54) is 148 Å². The van der Waals surface area contributed by atoms with E-state index in [1.54, 1.807) is 0 Å². The summed E-state index contributed by atoms with van der Waals surface area (Å²) in [4.78, 5) is 30.0. The van der Waals surface area contributed by atoms with Crippen LogP contribution in [0.4, 0.5) is 0 Å². The van der Waals surface area contributed by atoms with Crippen LogP contribution in [0.1, 0.15) is 201 Å². The van der Waals surface area contributed by atoms with E-state index in [0.717, 1.165) is 25.7 Å². The van der Waals surface area contributed by atoms with Crippen molar-refractivity contribution in [1.29, 1.82) is 0 Å². The van der Waals surface area contributed by atoms with Gasteiger partial charge in [-0.1, -0.05) is 175 Å². The van der Waals surface area contributed by atoms with E-state index in [0.29, 0.717) is 0 Å². The fourth-order valence-corrected chi connectivity index (χ4v) is 4.57. The van der Waals surface area contributed by atoms with Gasteiger partial charge in [-0.05, 0) is 32.6 Å². The minimum absolute atomic E-state index is 0. The third-order valence-electron chi connectivity index (χ3n) is 7.33. The molecule has 43 heavy (non-hydrogen) atoms. The van der Waals surface area contributed by atoms with Gasteiger partial charge in [-0.3, -0.25) is 0 Å². The molecule has 0 aliphatic carbocycles. The second kappa shape index (κ2) is 42.8. The summed E-state index contributed by atoms with van der Waals surface area (Å²) >= 11 is 0. The minimum Gasteiger partial charge on any atom is -0.550 e. The largest absolute Gasteiger partial charge is 2.00 e. The molecule has 0 aromatic heterocycles. The molecule has 7 heteroatoms. The molecule has 0 aromatic rings. The van der Waals surface area contributed by atoms with Crippen LogP contribution in [0, 0.1) is 0 Å². The molecule has 0 bridgehead atoms. The van der Waals surface area contributed by atoms with E-state index in [4.69, 9.17) is 5.11 Å². The molecular weight excluding hydrogens is 592 g/mol. The molecular formula is C36H68CuO6. The zero-order valence-electron chi connectivity index (χ0n) is 28.3. The summed E-state index contributed by atoms with van der Waals surface area (Å²) in [6.07, 6.45) is 33.9. The van der Waals surface area contributed by atoms with Gasteiger partial charge in [-0.25, -0.2) is 4.79 Å². The molecule has 0 fully saturated rings. The molecule has 0 spiro atoms. The Hall–Kier alpha value is -1.33. The Morgan fingerprint density at radius 3 is 0.767 bits per heavy atom. The Morgan fingerprint density at radius 2 is 0.628 bits per heavy atom. The van der Waals surface area contributed by atoms with E-state index < -0.39 is 17.9 Å². The molecule has 0 saturated heterocycles. The average molecular weight is 660 g/mol. The first-order chi connectivity index (χ1) is 20.2. The van der Waals surface area contributed by atoms with E-state index >= 15 is 0 Å². The predicted molar refractivity (Wildman–Crippen MR) is 173 cm³/mol. The number of hydrogen-bond acceptors (Lipinski definition) is 5. The normalized spacial score (nSPS) is 10.0. The molecule has 0 atom stereocenters. The zero-order chi connectivity index (χ0) is 32.1. The Kier molecular flexibility index (Phi) is 48.3. The van der Waals surface area contributed by atoms with Crippen molar-refractivity contribution in [2.24, 2.45) is 0 Å². The van der Waals surface area contributed by atoms with E-state index in [9.17, 15) is 24.6 Å². The van der Waals surface area contributed by atoms with Crippen molar-refractivity contribution in [1.82, 2.24) is 0 Å². The van der Waals surface area contributed by atoms with Gasteiger partial charge in [0.2, 0.25) is 0 Å².